The van der Waals surface area contributed by atoms with E-state index in [9.17, 15) is 4.79 Å². The molecular formula is C15H21N3O. The summed E-state index contributed by atoms with van der Waals surface area (Å²) in [6.07, 6.45) is 0. The van der Waals surface area contributed by atoms with Crippen LogP contribution in [0.1, 0.15) is 24.1 Å². The van der Waals surface area contributed by atoms with Gasteiger partial charge in [0.1, 0.15) is 0 Å². The summed E-state index contributed by atoms with van der Waals surface area (Å²) in [6.45, 7) is 7.30. The van der Waals surface area contributed by atoms with E-state index in [2.05, 4.69) is 34.5 Å². The highest BCUT2D eigenvalue weighted by molar-refractivity contribution is 5.73. The van der Waals surface area contributed by atoms with E-state index in [1.165, 1.54) is 11.1 Å². The van der Waals surface area contributed by atoms with Crippen molar-refractivity contribution in [3.63, 3.8) is 0 Å². The lowest BCUT2D eigenvalue weighted by molar-refractivity contribution is -0.130. The molecule has 0 saturated carbocycles. The van der Waals surface area contributed by atoms with Crippen molar-refractivity contribution in [3.8, 4) is 0 Å². The molecule has 1 fully saturated rings. The zero-order valence-electron chi connectivity index (χ0n) is 11.4. The maximum absolute atomic E-state index is 11.4. The molecule has 0 bridgehead atoms. The second-order valence-electron chi connectivity index (χ2n) is 5.39. The van der Waals surface area contributed by atoms with E-state index < -0.39 is 0 Å². The molecule has 1 N–H and O–H groups in total. The molecule has 1 saturated heterocycles. The Labute approximate surface area is 114 Å². The molecule has 4 nitrogen and oxygen atoms in total. The summed E-state index contributed by atoms with van der Waals surface area (Å²) in [5.74, 6) is 0.196. The number of benzene rings is 1. The summed E-state index contributed by atoms with van der Waals surface area (Å²) in [5, 5.41) is 3.50. The molecule has 2 aliphatic heterocycles. The third kappa shape index (κ3) is 2.51. The fourth-order valence-electron chi connectivity index (χ4n) is 3.15. The number of nitrogens with one attached hydrogen (secondary N) is 1. The third-order valence-corrected chi connectivity index (χ3v) is 4.27. The molecule has 19 heavy (non-hydrogen) atoms. The number of amides is 1. The van der Waals surface area contributed by atoms with Gasteiger partial charge in [-0.1, -0.05) is 24.3 Å². The zero-order valence-corrected chi connectivity index (χ0v) is 11.4. The predicted octanol–water partition coefficient (Wildman–Crippen LogP) is 0.995. The van der Waals surface area contributed by atoms with Gasteiger partial charge in [0.25, 0.3) is 0 Å². The van der Waals surface area contributed by atoms with Crippen LogP contribution in [0.25, 0.3) is 0 Å². The molecule has 1 unspecified atom stereocenters. The van der Waals surface area contributed by atoms with Gasteiger partial charge in [-0.05, 0) is 11.1 Å². The Balaban J connectivity index is 1.73. The van der Waals surface area contributed by atoms with Crippen molar-refractivity contribution in [3.05, 3.63) is 35.4 Å². The van der Waals surface area contributed by atoms with Gasteiger partial charge in [-0.2, -0.15) is 0 Å². The van der Waals surface area contributed by atoms with Gasteiger partial charge in [0, 0.05) is 52.2 Å². The summed E-state index contributed by atoms with van der Waals surface area (Å²) in [6, 6.07) is 9.15. The number of hydrogen-bond donors (Lipinski definition) is 1. The minimum absolute atomic E-state index is 0.196. The average molecular weight is 259 g/mol. The van der Waals surface area contributed by atoms with Crippen molar-refractivity contribution < 1.29 is 4.79 Å². The van der Waals surface area contributed by atoms with Crippen LogP contribution in [0.2, 0.25) is 0 Å². The Kier molecular flexibility index (Phi) is 3.53. The van der Waals surface area contributed by atoms with E-state index in [4.69, 9.17) is 0 Å². The van der Waals surface area contributed by atoms with Crippen LogP contribution in [0.15, 0.2) is 24.3 Å². The number of rotatable bonds is 1. The second-order valence-corrected chi connectivity index (χ2v) is 5.39. The fraction of sp³-hybridized carbons (Fsp3) is 0.533. The molecule has 0 spiro atoms. The first-order chi connectivity index (χ1) is 9.25. The topological polar surface area (TPSA) is 35.6 Å². The van der Waals surface area contributed by atoms with E-state index in [0.29, 0.717) is 6.04 Å². The Morgan fingerprint density at radius 1 is 1.21 bits per heavy atom. The van der Waals surface area contributed by atoms with Crippen LogP contribution in [0.3, 0.4) is 0 Å². The lowest BCUT2D eigenvalue weighted by atomic mass is 9.95. The summed E-state index contributed by atoms with van der Waals surface area (Å²) in [5.41, 5.74) is 2.87. The second kappa shape index (κ2) is 5.31. The van der Waals surface area contributed by atoms with Crippen molar-refractivity contribution >= 4 is 5.91 Å². The molecule has 1 aromatic carbocycles. The number of hydrogen-bond acceptors (Lipinski definition) is 3. The molecule has 102 valence electrons. The van der Waals surface area contributed by atoms with E-state index in [-0.39, 0.29) is 5.91 Å². The van der Waals surface area contributed by atoms with Crippen molar-refractivity contribution in [2.75, 3.05) is 32.7 Å². The minimum atomic E-state index is 0.196. The summed E-state index contributed by atoms with van der Waals surface area (Å²) in [7, 11) is 0. The van der Waals surface area contributed by atoms with Gasteiger partial charge in [0.15, 0.2) is 0 Å². The first-order valence-corrected chi connectivity index (χ1v) is 7.04. The maximum Gasteiger partial charge on any atom is 0.219 e. The number of carbonyl (C=O) groups excluding carboxylic acids is 1. The molecule has 0 aromatic heterocycles. The smallest absolute Gasteiger partial charge is 0.219 e. The van der Waals surface area contributed by atoms with Gasteiger partial charge in [0.2, 0.25) is 5.91 Å². The molecular weight excluding hydrogens is 238 g/mol. The number of piperazine rings is 1. The standard InChI is InChI=1S/C15H21N3O/c1-12(19)17-6-8-18(9-7-17)15-11-16-10-13-4-2-3-5-14(13)15/h2-5,15-16H,6-11H2,1H3. The van der Waals surface area contributed by atoms with E-state index >= 15 is 0 Å². The average Bonchev–Trinajstić information content (AvgIpc) is 2.47. The third-order valence-electron chi connectivity index (χ3n) is 4.27. The van der Waals surface area contributed by atoms with Gasteiger partial charge in [-0.15, -0.1) is 0 Å². The quantitative estimate of drug-likeness (QED) is 0.817. The Hall–Kier alpha value is -1.39. The van der Waals surface area contributed by atoms with Crippen LogP contribution in [0.5, 0.6) is 0 Å². The van der Waals surface area contributed by atoms with Gasteiger partial charge in [-0.3, -0.25) is 9.69 Å². The van der Waals surface area contributed by atoms with Crippen LogP contribution in [-0.4, -0.2) is 48.4 Å². The first kappa shape index (κ1) is 12.6. The number of carbonyl (C=O) groups is 1. The van der Waals surface area contributed by atoms with Crippen molar-refractivity contribution in [2.45, 2.75) is 19.5 Å². The highest BCUT2D eigenvalue weighted by atomic mass is 16.2. The van der Waals surface area contributed by atoms with Crippen LogP contribution in [0, 0.1) is 0 Å². The molecule has 1 atom stereocenters. The predicted molar refractivity (Wildman–Crippen MR) is 74.7 cm³/mol. The largest absolute Gasteiger partial charge is 0.340 e. The van der Waals surface area contributed by atoms with Gasteiger partial charge in [0.05, 0.1) is 0 Å². The van der Waals surface area contributed by atoms with Crippen molar-refractivity contribution in [2.24, 2.45) is 0 Å². The summed E-state index contributed by atoms with van der Waals surface area (Å²) >= 11 is 0. The normalized spacial score (nSPS) is 24.1. The minimum Gasteiger partial charge on any atom is -0.340 e. The van der Waals surface area contributed by atoms with Crippen LogP contribution < -0.4 is 5.32 Å². The van der Waals surface area contributed by atoms with Crippen molar-refractivity contribution in [1.29, 1.82) is 0 Å². The van der Waals surface area contributed by atoms with Crippen LogP contribution >= 0.6 is 0 Å². The Morgan fingerprint density at radius 2 is 1.95 bits per heavy atom. The molecule has 3 rings (SSSR count). The molecule has 4 heteroatoms. The zero-order chi connectivity index (χ0) is 13.2. The van der Waals surface area contributed by atoms with Gasteiger partial charge < -0.3 is 10.2 Å². The van der Waals surface area contributed by atoms with E-state index in [0.717, 1.165) is 39.3 Å². The molecule has 0 radical (unpaired) electrons. The Bertz CT molecular complexity index is 466. The molecule has 2 aliphatic rings. The van der Waals surface area contributed by atoms with E-state index in [1.807, 2.05) is 4.90 Å². The fourth-order valence-corrected chi connectivity index (χ4v) is 3.15. The number of nitrogens with zero attached hydrogens (tertiary/aromatic N) is 2. The highest BCUT2D eigenvalue weighted by Gasteiger charge is 2.28. The van der Waals surface area contributed by atoms with Crippen LogP contribution in [-0.2, 0) is 11.3 Å². The molecule has 0 aliphatic carbocycles. The van der Waals surface area contributed by atoms with Gasteiger partial charge in [-0.25, -0.2) is 0 Å². The SMILES string of the molecule is CC(=O)N1CCN(C2CNCc3ccccc32)CC1. The van der Waals surface area contributed by atoms with Crippen molar-refractivity contribution in [1.82, 2.24) is 15.1 Å². The Morgan fingerprint density at radius 3 is 2.68 bits per heavy atom. The van der Waals surface area contributed by atoms with Crippen LogP contribution in [0.4, 0.5) is 0 Å². The lowest BCUT2D eigenvalue weighted by Gasteiger charge is -2.41. The molecule has 1 amide bonds. The summed E-state index contributed by atoms with van der Waals surface area (Å²) < 4.78 is 0. The monoisotopic (exact) mass is 259 g/mol. The first-order valence-electron chi connectivity index (χ1n) is 7.04. The van der Waals surface area contributed by atoms with Gasteiger partial charge >= 0.3 is 0 Å². The highest BCUT2D eigenvalue weighted by Crippen LogP contribution is 2.27. The maximum atomic E-state index is 11.4. The van der Waals surface area contributed by atoms with E-state index in [1.54, 1.807) is 6.92 Å². The lowest BCUT2D eigenvalue weighted by Crippen LogP contribution is -2.51. The number of fused-ring (bicyclic) bond motifs is 1. The molecule has 1 aromatic rings. The summed E-state index contributed by atoms with van der Waals surface area (Å²) in [4.78, 5) is 15.8. The molecule has 2 heterocycles.